The number of aromatic nitrogens is 2. The maximum absolute atomic E-state index is 12.6. The Morgan fingerprint density at radius 3 is 3.00 bits per heavy atom. The van der Waals surface area contributed by atoms with Crippen molar-refractivity contribution in [2.45, 2.75) is 18.9 Å². The zero-order valence-corrected chi connectivity index (χ0v) is 14.5. The van der Waals surface area contributed by atoms with Crippen molar-refractivity contribution >= 4 is 11.7 Å². The molecule has 1 N–H and O–H groups in total. The number of anilines is 1. The van der Waals surface area contributed by atoms with Crippen molar-refractivity contribution in [1.82, 2.24) is 15.3 Å². The summed E-state index contributed by atoms with van der Waals surface area (Å²) in [6, 6.07) is 7.58. The maximum atomic E-state index is 12.6. The van der Waals surface area contributed by atoms with Crippen LogP contribution in [-0.2, 0) is 4.79 Å². The summed E-state index contributed by atoms with van der Waals surface area (Å²) in [5, 5.41) is 3.02. The first-order chi connectivity index (χ1) is 12.8. The van der Waals surface area contributed by atoms with E-state index < -0.39 is 0 Å². The minimum absolute atomic E-state index is 0.0532. The van der Waals surface area contributed by atoms with Crippen LogP contribution in [0.1, 0.15) is 12.8 Å². The normalized spacial score (nSPS) is 21.9. The van der Waals surface area contributed by atoms with Crippen LogP contribution in [0.2, 0.25) is 0 Å². The van der Waals surface area contributed by atoms with E-state index in [4.69, 9.17) is 9.47 Å². The third-order valence-electron chi connectivity index (χ3n) is 4.74. The Morgan fingerprint density at radius 1 is 1.27 bits per heavy atom. The number of amides is 1. The van der Waals surface area contributed by atoms with Crippen LogP contribution in [0.25, 0.3) is 0 Å². The molecule has 0 radical (unpaired) electrons. The molecule has 1 fully saturated rings. The Morgan fingerprint density at radius 2 is 2.15 bits per heavy atom. The molecule has 136 valence electrons. The van der Waals surface area contributed by atoms with Crippen molar-refractivity contribution in [3.63, 3.8) is 0 Å². The van der Waals surface area contributed by atoms with E-state index in [-0.39, 0.29) is 17.9 Å². The fraction of sp³-hybridized carbons (Fsp3) is 0.421. The Labute approximate surface area is 152 Å². The standard InChI is InChI=1S/C19H22N4O3/c24-19(14-4-3-9-23(12-14)18-11-20-7-8-21-18)22-10-15-13-25-16-5-1-2-6-17(16)26-15/h1-2,5-8,11,14-15H,3-4,9-10,12-13H2,(H,22,24)/t14-,15+/m0/s1. The lowest BCUT2D eigenvalue weighted by molar-refractivity contribution is -0.125. The molecule has 0 saturated carbocycles. The fourth-order valence-electron chi connectivity index (χ4n) is 3.38. The lowest BCUT2D eigenvalue weighted by atomic mass is 9.97. The summed E-state index contributed by atoms with van der Waals surface area (Å²) in [6.45, 7) is 2.44. The van der Waals surface area contributed by atoms with Gasteiger partial charge < -0.3 is 19.7 Å². The minimum atomic E-state index is -0.173. The molecule has 0 unspecified atom stereocenters. The molecular formula is C19H22N4O3. The Kier molecular flexibility index (Phi) is 4.86. The number of nitrogens with one attached hydrogen (secondary N) is 1. The quantitative estimate of drug-likeness (QED) is 0.900. The van der Waals surface area contributed by atoms with Crippen molar-refractivity contribution in [2.24, 2.45) is 5.92 Å². The number of fused-ring (bicyclic) bond motifs is 1. The summed E-state index contributed by atoms with van der Waals surface area (Å²) in [5.74, 6) is 2.31. The summed E-state index contributed by atoms with van der Waals surface area (Å²) >= 11 is 0. The number of carbonyl (C=O) groups excluding carboxylic acids is 1. The van der Waals surface area contributed by atoms with Crippen molar-refractivity contribution in [1.29, 1.82) is 0 Å². The molecule has 2 aromatic rings. The van der Waals surface area contributed by atoms with Crippen molar-refractivity contribution in [3.05, 3.63) is 42.9 Å². The van der Waals surface area contributed by atoms with Gasteiger partial charge in [0.2, 0.25) is 5.91 Å². The van der Waals surface area contributed by atoms with Crippen LogP contribution in [0.3, 0.4) is 0 Å². The molecule has 0 bridgehead atoms. The lowest BCUT2D eigenvalue weighted by Gasteiger charge is -2.33. The number of para-hydroxylation sites is 2. The van der Waals surface area contributed by atoms with E-state index in [2.05, 4.69) is 20.2 Å². The highest BCUT2D eigenvalue weighted by Gasteiger charge is 2.28. The van der Waals surface area contributed by atoms with Crippen LogP contribution < -0.4 is 19.7 Å². The number of benzene rings is 1. The molecule has 0 spiro atoms. The highest BCUT2D eigenvalue weighted by molar-refractivity contribution is 5.79. The molecule has 2 aliphatic rings. The number of carbonyl (C=O) groups is 1. The van der Waals surface area contributed by atoms with E-state index in [1.807, 2.05) is 24.3 Å². The van der Waals surface area contributed by atoms with Gasteiger partial charge in [0, 0.05) is 25.5 Å². The van der Waals surface area contributed by atoms with Crippen molar-refractivity contribution in [2.75, 3.05) is 31.1 Å². The third-order valence-corrected chi connectivity index (χ3v) is 4.74. The Hall–Kier alpha value is -2.83. The first-order valence-electron chi connectivity index (χ1n) is 8.97. The Balaban J connectivity index is 1.30. The molecule has 2 atom stereocenters. The highest BCUT2D eigenvalue weighted by atomic mass is 16.6. The number of piperidine rings is 1. The maximum Gasteiger partial charge on any atom is 0.225 e. The zero-order chi connectivity index (χ0) is 17.8. The summed E-state index contributed by atoms with van der Waals surface area (Å²) in [6.07, 6.45) is 6.75. The average Bonchev–Trinajstić information content (AvgIpc) is 2.72. The molecule has 1 saturated heterocycles. The van der Waals surface area contributed by atoms with Gasteiger partial charge in [0.05, 0.1) is 18.7 Å². The lowest BCUT2D eigenvalue weighted by Crippen LogP contribution is -2.47. The van der Waals surface area contributed by atoms with Gasteiger partial charge >= 0.3 is 0 Å². The monoisotopic (exact) mass is 354 g/mol. The molecule has 1 aromatic heterocycles. The molecule has 7 nitrogen and oxygen atoms in total. The minimum Gasteiger partial charge on any atom is -0.486 e. The van der Waals surface area contributed by atoms with Crippen LogP contribution in [0.4, 0.5) is 5.82 Å². The number of hydrogen-bond acceptors (Lipinski definition) is 6. The number of nitrogens with zero attached hydrogens (tertiary/aromatic N) is 3. The van der Waals surface area contributed by atoms with E-state index in [1.165, 1.54) is 0 Å². The van der Waals surface area contributed by atoms with Gasteiger partial charge in [-0.15, -0.1) is 0 Å². The van der Waals surface area contributed by atoms with Gasteiger partial charge in [-0.05, 0) is 25.0 Å². The first kappa shape index (κ1) is 16.6. The van der Waals surface area contributed by atoms with Crippen LogP contribution >= 0.6 is 0 Å². The molecule has 1 aromatic carbocycles. The van der Waals surface area contributed by atoms with E-state index in [9.17, 15) is 4.79 Å². The van der Waals surface area contributed by atoms with Crippen molar-refractivity contribution in [3.8, 4) is 11.5 Å². The predicted molar refractivity (Wildman–Crippen MR) is 96.3 cm³/mol. The molecule has 7 heteroatoms. The molecule has 3 heterocycles. The van der Waals surface area contributed by atoms with Crippen LogP contribution in [0, 0.1) is 5.92 Å². The van der Waals surface area contributed by atoms with E-state index in [0.717, 1.165) is 36.7 Å². The van der Waals surface area contributed by atoms with Crippen molar-refractivity contribution < 1.29 is 14.3 Å². The van der Waals surface area contributed by atoms with E-state index in [0.29, 0.717) is 19.7 Å². The fourth-order valence-corrected chi connectivity index (χ4v) is 3.38. The molecule has 0 aliphatic carbocycles. The summed E-state index contributed by atoms with van der Waals surface area (Å²) < 4.78 is 11.6. The second-order valence-corrected chi connectivity index (χ2v) is 6.59. The summed E-state index contributed by atoms with van der Waals surface area (Å²) in [4.78, 5) is 23.2. The molecule has 1 amide bonds. The largest absolute Gasteiger partial charge is 0.486 e. The molecule has 2 aliphatic heterocycles. The van der Waals surface area contributed by atoms with Crippen LogP contribution in [0.5, 0.6) is 11.5 Å². The van der Waals surface area contributed by atoms with Gasteiger partial charge in [0.15, 0.2) is 11.5 Å². The number of ether oxygens (including phenoxy) is 2. The van der Waals surface area contributed by atoms with Gasteiger partial charge in [0.1, 0.15) is 18.5 Å². The van der Waals surface area contributed by atoms with E-state index in [1.54, 1.807) is 18.6 Å². The second-order valence-electron chi connectivity index (χ2n) is 6.59. The smallest absolute Gasteiger partial charge is 0.225 e. The number of rotatable bonds is 4. The summed E-state index contributed by atoms with van der Waals surface area (Å²) in [5.41, 5.74) is 0. The van der Waals surface area contributed by atoms with Gasteiger partial charge in [0.25, 0.3) is 0 Å². The summed E-state index contributed by atoms with van der Waals surface area (Å²) in [7, 11) is 0. The van der Waals surface area contributed by atoms with Gasteiger partial charge in [-0.1, -0.05) is 12.1 Å². The molecule has 4 rings (SSSR count). The highest BCUT2D eigenvalue weighted by Crippen LogP contribution is 2.30. The van der Waals surface area contributed by atoms with Gasteiger partial charge in [-0.2, -0.15) is 0 Å². The van der Waals surface area contributed by atoms with Crippen LogP contribution in [0.15, 0.2) is 42.9 Å². The van der Waals surface area contributed by atoms with Gasteiger partial charge in [-0.3, -0.25) is 9.78 Å². The topological polar surface area (TPSA) is 76.6 Å². The second kappa shape index (κ2) is 7.59. The Bertz CT molecular complexity index is 755. The average molecular weight is 354 g/mol. The van der Waals surface area contributed by atoms with E-state index >= 15 is 0 Å². The van der Waals surface area contributed by atoms with Crippen LogP contribution in [-0.4, -0.2) is 48.2 Å². The van der Waals surface area contributed by atoms with Gasteiger partial charge in [-0.25, -0.2) is 4.98 Å². The number of hydrogen-bond donors (Lipinski definition) is 1. The molecular weight excluding hydrogens is 332 g/mol. The third kappa shape index (κ3) is 3.71. The SMILES string of the molecule is O=C(NC[C@@H]1COc2ccccc2O1)[C@H]1CCCN(c2cnccn2)C1. The zero-order valence-electron chi connectivity index (χ0n) is 14.5. The molecule has 26 heavy (non-hydrogen) atoms. The first-order valence-corrected chi connectivity index (χ1v) is 8.97. The predicted octanol–water partition coefficient (Wildman–Crippen LogP) is 1.65.